The molecule has 0 aromatic carbocycles. The van der Waals surface area contributed by atoms with Crippen LogP contribution >= 0.6 is 11.3 Å². The predicted octanol–water partition coefficient (Wildman–Crippen LogP) is 2.19. The maximum atomic E-state index is 12.3. The standard InChI is InChI=1S/C16H23N3O2S/c1-9-10(2)22-16-14(9)15(21)17-13(18-16)8-19(3)7-11-5-4-6-12(11)20/h11-12,20H,4-8H2,1-3H3,(H,17,18,21). The maximum Gasteiger partial charge on any atom is 0.259 e. The Morgan fingerprint density at radius 3 is 2.86 bits per heavy atom. The lowest BCUT2D eigenvalue weighted by molar-refractivity contribution is 0.107. The van der Waals surface area contributed by atoms with Gasteiger partial charge >= 0.3 is 0 Å². The molecule has 1 fully saturated rings. The molecule has 2 heterocycles. The zero-order valence-electron chi connectivity index (χ0n) is 13.3. The molecular formula is C16H23N3O2S. The molecule has 0 bridgehead atoms. The average Bonchev–Trinajstić information content (AvgIpc) is 2.95. The first-order chi connectivity index (χ1) is 10.5. The number of nitrogens with zero attached hydrogens (tertiary/aromatic N) is 2. The first kappa shape index (κ1) is 15.6. The van der Waals surface area contributed by atoms with Crippen molar-refractivity contribution in [1.82, 2.24) is 14.9 Å². The van der Waals surface area contributed by atoms with Crippen molar-refractivity contribution in [2.24, 2.45) is 5.92 Å². The van der Waals surface area contributed by atoms with Crippen LogP contribution in [0.25, 0.3) is 10.2 Å². The van der Waals surface area contributed by atoms with E-state index in [-0.39, 0.29) is 11.7 Å². The van der Waals surface area contributed by atoms with Gasteiger partial charge in [-0.3, -0.25) is 9.69 Å². The molecule has 5 nitrogen and oxygen atoms in total. The Kier molecular flexibility index (Phi) is 4.34. The SMILES string of the molecule is Cc1sc2nc(CN(C)CC3CCCC3O)[nH]c(=O)c2c1C. The largest absolute Gasteiger partial charge is 0.393 e. The van der Waals surface area contributed by atoms with Crippen LogP contribution in [0.3, 0.4) is 0 Å². The van der Waals surface area contributed by atoms with E-state index in [0.29, 0.717) is 18.3 Å². The third-order valence-electron chi connectivity index (χ3n) is 4.67. The van der Waals surface area contributed by atoms with Gasteiger partial charge in [-0.05, 0) is 45.2 Å². The molecule has 2 aromatic rings. The molecule has 1 aliphatic carbocycles. The number of hydrogen-bond acceptors (Lipinski definition) is 5. The van der Waals surface area contributed by atoms with E-state index in [1.165, 1.54) is 0 Å². The predicted molar refractivity (Wildman–Crippen MR) is 89.4 cm³/mol. The minimum Gasteiger partial charge on any atom is -0.393 e. The number of nitrogens with one attached hydrogen (secondary N) is 1. The molecule has 0 spiro atoms. The first-order valence-corrected chi connectivity index (χ1v) is 8.63. The summed E-state index contributed by atoms with van der Waals surface area (Å²) in [5, 5.41) is 10.6. The van der Waals surface area contributed by atoms with E-state index in [1.54, 1.807) is 11.3 Å². The molecular weight excluding hydrogens is 298 g/mol. The van der Waals surface area contributed by atoms with Crippen molar-refractivity contribution in [1.29, 1.82) is 0 Å². The van der Waals surface area contributed by atoms with Gasteiger partial charge in [0.2, 0.25) is 0 Å². The summed E-state index contributed by atoms with van der Waals surface area (Å²) in [6.45, 7) is 5.43. The lowest BCUT2D eigenvalue weighted by Gasteiger charge is -2.22. The van der Waals surface area contributed by atoms with Crippen LogP contribution in [0.15, 0.2) is 4.79 Å². The van der Waals surface area contributed by atoms with Crippen molar-refractivity contribution in [2.45, 2.75) is 45.8 Å². The van der Waals surface area contributed by atoms with Gasteiger partial charge in [0.05, 0.1) is 18.0 Å². The molecule has 0 amide bonds. The summed E-state index contributed by atoms with van der Waals surface area (Å²) in [4.78, 5) is 23.9. The van der Waals surface area contributed by atoms with Crippen molar-refractivity contribution in [3.05, 3.63) is 26.6 Å². The van der Waals surface area contributed by atoms with Gasteiger partial charge in [-0.1, -0.05) is 6.42 Å². The van der Waals surface area contributed by atoms with Crippen molar-refractivity contribution in [2.75, 3.05) is 13.6 Å². The van der Waals surface area contributed by atoms with Crippen LogP contribution in [0.1, 0.15) is 35.5 Å². The molecule has 2 N–H and O–H groups in total. The number of fused-ring (bicyclic) bond motifs is 1. The first-order valence-electron chi connectivity index (χ1n) is 7.81. The molecule has 6 heteroatoms. The topological polar surface area (TPSA) is 69.2 Å². The summed E-state index contributed by atoms with van der Waals surface area (Å²) in [5.74, 6) is 1.04. The van der Waals surface area contributed by atoms with Gasteiger partial charge in [-0.25, -0.2) is 4.98 Å². The van der Waals surface area contributed by atoms with Gasteiger partial charge in [0.25, 0.3) is 5.56 Å². The van der Waals surface area contributed by atoms with E-state index in [1.807, 2.05) is 20.9 Å². The fraction of sp³-hybridized carbons (Fsp3) is 0.625. The van der Waals surface area contributed by atoms with Crippen LogP contribution in [0.4, 0.5) is 0 Å². The summed E-state index contributed by atoms with van der Waals surface area (Å²) in [7, 11) is 2.01. The van der Waals surface area contributed by atoms with Gasteiger partial charge in [-0.2, -0.15) is 0 Å². The second-order valence-electron chi connectivity index (χ2n) is 6.43. The quantitative estimate of drug-likeness (QED) is 0.906. The van der Waals surface area contributed by atoms with Crippen LogP contribution in [0.5, 0.6) is 0 Å². The van der Waals surface area contributed by atoms with Crippen molar-refractivity contribution < 1.29 is 5.11 Å². The summed E-state index contributed by atoms with van der Waals surface area (Å²) in [6, 6.07) is 0. The zero-order chi connectivity index (χ0) is 15.9. The number of H-pyrrole nitrogens is 1. The van der Waals surface area contributed by atoms with E-state index < -0.39 is 0 Å². The number of aromatic amines is 1. The number of aromatic nitrogens is 2. The van der Waals surface area contributed by atoms with E-state index >= 15 is 0 Å². The highest BCUT2D eigenvalue weighted by atomic mass is 32.1. The fourth-order valence-corrected chi connectivity index (χ4v) is 4.37. The Balaban J connectivity index is 1.77. The van der Waals surface area contributed by atoms with E-state index in [9.17, 15) is 9.90 Å². The molecule has 1 saturated carbocycles. The molecule has 0 saturated heterocycles. The van der Waals surface area contributed by atoms with Crippen LogP contribution in [0, 0.1) is 19.8 Å². The van der Waals surface area contributed by atoms with Crippen LogP contribution < -0.4 is 5.56 Å². The minimum atomic E-state index is -0.181. The number of aliphatic hydroxyl groups excluding tert-OH is 1. The number of aliphatic hydroxyl groups is 1. The number of hydrogen-bond donors (Lipinski definition) is 2. The lowest BCUT2D eigenvalue weighted by Crippen LogP contribution is -2.30. The molecule has 1 aliphatic rings. The second kappa shape index (κ2) is 6.10. The zero-order valence-corrected chi connectivity index (χ0v) is 14.2. The summed E-state index contributed by atoms with van der Waals surface area (Å²) in [5.41, 5.74) is 0.985. The fourth-order valence-electron chi connectivity index (χ4n) is 3.32. The van der Waals surface area contributed by atoms with Gasteiger partial charge < -0.3 is 10.1 Å². The normalized spacial score (nSPS) is 22.0. The highest BCUT2D eigenvalue weighted by molar-refractivity contribution is 7.18. The Bertz CT molecular complexity index is 737. The summed E-state index contributed by atoms with van der Waals surface area (Å²) < 4.78 is 0. The lowest BCUT2D eigenvalue weighted by atomic mass is 10.1. The molecule has 2 aromatic heterocycles. The number of aryl methyl sites for hydroxylation is 2. The molecule has 0 radical (unpaired) electrons. The van der Waals surface area contributed by atoms with E-state index in [4.69, 9.17) is 0 Å². The summed E-state index contributed by atoms with van der Waals surface area (Å²) in [6.07, 6.45) is 2.92. The third kappa shape index (κ3) is 2.95. The Hall–Kier alpha value is -1.24. The van der Waals surface area contributed by atoms with Crippen molar-refractivity contribution in [3.8, 4) is 0 Å². The van der Waals surface area contributed by atoms with Crippen LogP contribution in [-0.2, 0) is 6.54 Å². The molecule has 120 valence electrons. The van der Waals surface area contributed by atoms with Gasteiger partial charge in [0.1, 0.15) is 10.7 Å². The minimum absolute atomic E-state index is 0.0452. The Morgan fingerprint density at radius 2 is 2.18 bits per heavy atom. The molecule has 2 atom stereocenters. The van der Waals surface area contributed by atoms with Gasteiger partial charge in [-0.15, -0.1) is 11.3 Å². The van der Waals surface area contributed by atoms with Crippen molar-refractivity contribution in [3.63, 3.8) is 0 Å². The van der Waals surface area contributed by atoms with Gasteiger partial charge in [0.15, 0.2) is 0 Å². The molecule has 22 heavy (non-hydrogen) atoms. The number of thiophene rings is 1. The molecule has 2 unspecified atom stereocenters. The smallest absolute Gasteiger partial charge is 0.259 e. The molecule has 0 aliphatic heterocycles. The Morgan fingerprint density at radius 1 is 1.41 bits per heavy atom. The highest BCUT2D eigenvalue weighted by Gasteiger charge is 2.26. The molecule has 3 rings (SSSR count). The third-order valence-corrected chi connectivity index (χ3v) is 5.77. The van der Waals surface area contributed by atoms with Crippen LogP contribution in [-0.4, -0.2) is 39.7 Å². The maximum absolute atomic E-state index is 12.3. The Labute approximate surface area is 134 Å². The average molecular weight is 321 g/mol. The van der Waals surface area contributed by atoms with Crippen LogP contribution in [0.2, 0.25) is 0 Å². The second-order valence-corrected chi connectivity index (χ2v) is 7.63. The number of rotatable bonds is 4. The van der Waals surface area contributed by atoms with Crippen molar-refractivity contribution >= 4 is 21.6 Å². The van der Waals surface area contributed by atoms with E-state index in [2.05, 4.69) is 14.9 Å². The summed E-state index contributed by atoms with van der Waals surface area (Å²) >= 11 is 1.58. The van der Waals surface area contributed by atoms with E-state index in [0.717, 1.165) is 46.5 Å². The monoisotopic (exact) mass is 321 g/mol. The highest BCUT2D eigenvalue weighted by Crippen LogP contribution is 2.27. The van der Waals surface area contributed by atoms with Gasteiger partial charge in [0, 0.05) is 11.4 Å².